The van der Waals surface area contributed by atoms with E-state index < -0.39 is 6.10 Å². The van der Waals surface area contributed by atoms with Gasteiger partial charge in [0, 0.05) is 19.3 Å². The van der Waals surface area contributed by atoms with Crippen LogP contribution in [0, 0.1) is 0 Å². The molecule has 0 aromatic heterocycles. The molecule has 0 fully saturated rings. The van der Waals surface area contributed by atoms with Gasteiger partial charge in [-0.25, -0.2) is 0 Å². The van der Waals surface area contributed by atoms with Gasteiger partial charge in [0.2, 0.25) is 0 Å². The van der Waals surface area contributed by atoms with Crippen LogP contribution in [0.4, 0.5) is 0 Å². The minimum atomic E-state index is -0.836. The molecule has 0 aromatic carbocycles. The Morgan fingerprint density at radius 2 is 0.521 bits per heavy atom. The van der Waals surface area contributed by atoms with Gasteiger partial charge >= 0.3 is 17.9 Å². The molecule has 0 aliphatic rings. The lowest BCUT2D eigenvalue weighted by Gasteiger charge is -2.18. The maximum absolute atomic E-state index is 12.8. The zero-order chi connectivity index (χ0) is 51.4. The third-order valence-electron chi connectivity index (χ3n) is 10.7. The Morgan fingerprint density at radius 3 is 0.845 bits per heavy atom. The van der Waals surface area contributed by atoms with Crippen molar-refractivity contribution < 1.29 is 28.6 Å². The van der Waals surface area contributed by atoms with E-state index in [1.807, 2.05) is 0 Å². The topological polar surface area (TPSA) is 78.9 Å². The lowest BCUT2D eigenvalue weighted by atomic mass is 10.1. The van der Waals surface area contributed by atoms with Gasteiger partial charge in [0.25, 0.3) is 0 Å². The molecular formula is C65H98O6. The van der Waals surface area contributed by atoms with Gasteiger partial charge in [-0.3, -0.25) is 14.4 Å². The Balaban J connectivity index is 4.58. The van der Waals surface area contributed by atoms with Crippen molar-refractivity contribution in [1.29, 1.82) is 0 Å². The van der Waals surface area contributed by atoms with Crippen molar-refractivity contribution in [2.24, 2.45) is 0 Å². The van der Waals surface area contributed by atoms with Gasteiger partial charge in [-0.2, -0.15) is 0 Å². The van der Waals surface area contributed by atoms with Crippen LogP contribution in [-0.2, 0) is 28.6 Å². The summed E-state index contributed by atoms with van der Waals surface area (Å²) in [6.07, 6.45) is 84.9. The highest BCUT2D eigenvalue weighted by molar-refractivity contribution is 5.71. The zero-order valence-electron chi connectivity index (χ0n) is 44.9. The van der Waals surface area contributed by atoms with Crippen molar-refractivity contribution in [3.63, 3.8) is 0 Å². The zero-order valence-corrected chi connectivity index (χ0v) is 44.9. The highest BCUT2D eigenvalue weighted by Gasteiger charge is 2.19. The molecule has 0 aliphatic carbocycles. The van der Waals surface area contributed by atoms with E-state index in [4.69, 9.17) is 14.2 Å². The van der Waals surface area contributed by atoms with Gasteiger partial charge in [-0.15, -0.1) is 0 Å². The molecule has 71 heavy (non-hydrogen) atoms. The van der Waals surface area contributed by atoms with E-state index in [2.05, 4.69) is 191 Å². The molecule has 0 saturated heterocycles. The van der Waals surface area contributed by atoms with E-state index in [9.17, 15) is 14.4 Å². The van der Waals surface area contributed by atoms with E-state index in [1.54, 1.807) is 0 Å². The molecule has 0 N–H and O–H groups in total. The second-order valence-corrected chi connectivity index (χ2v) is 17.3. The number of allylic oxidation sites excluding steroid dienone is 28. The molecule has 0 rings (SSSR count). The van der Waals surface area contributed by atoms with Crippen LogP contribution in [0.5, 0.6) is 0 Å². The summed E-state index contributed by atoms with van der Waals surface area (Å²) in [5.74, 6) is -1.06. The lowest BCUT2D eigenvalue weighted by molar-refractivity contribution is -0.167. The Morgan fingerprint density at radius 1 is 0.282 bits per heavy atom. The smallest absolute Gasteiger partial charge is 0.306 e. The first-order valence-corrected chi connectivity index (χ1v) is 27.6. The number of rotatable bonds is 47. The van der Waals surface area contributed by atoms with E-state index in [0.29, 0.717) is 12.8 Å². The van der Waals surface area contributed by atoms with Crippen molar-refractivity contribution in [2.75, 3.05) is 13.2 Å². The summed E-state index contributed by atoms with van der Waals surface area (Å²) in [6, 6.07) is 0. The number of ether oxygens (including phenoxy) is 3. The van der Waals surface area contributed by atoms with E-state index >= 15 is 0 Å². The van der Waals surface area contributed by atoms with Gasteiger partial charge in [-0.05, 0) is 141 Å². The van der Waals surface area contributed by atoms with Crippen molar-refractivity contribution in [3.05, 3.63) is 170 Å². The fourth-order valence-electron chi connectivity index (χ4n) is 6.67. The third kappa shape index (κ3) is 55.6. The maximum atomic E-state index is 12.8. The number of carbonyl (C=O) groups is 3. The Bertz CT molecular complexity index is 1690. The fourth-order valence-corrected chi connectivity index (χ4v) is 6.67. The molecule has 0 saturated carbocycles. The highest BCUT2D eigenvalue weighted by Crippen LogP contribution is 2.11. The van der Waals surface area contributed by atoms with E-state index in [0.717, 1.165) is 154 Å². The summed E-state index contributed by atoms with van der Waals surface area (Å²) in [7, 11) is 0. The van der Waals surface area contributed by atoms with Crippen LogP contribution in [0.25, 0.3) is 0 Å². The largest absolute Gasteiger partial charge is 0.462 e. The van der Waals surface area contributed by atoms with Crippen LogP contribution in [0.2, 0.25) is 0 Å². The average Bonchev–Trinajstić information content (AvgIpc) is 3.37. The number of esters is 3. The molecule has 394 valence electrons. The fraction of sp³-hybridized carbons (Fsp3) is 0.523. The number of hydrogen-bond acceptors (Lipinski definition) is 6. The Hall–Kier alpha value is -5.23. The predicted molar refractivity (Wildman–Crippen MR) is 306 cm³/mol. The van der Waals surface area contributed by atoms with Crippen LogP contribution in [0.15, 0.2) is 170 Å². The van der Waals surface area contributed by atoms with Crippen LogP contribution in [0.3, 0.4) is 0 Å². The molecule has 0 spiro atoms. The summed E-state index contributed by atoms with van der Waals surface area (Å²) in [6.45, 7) is 6.17. The second kappa shape index (κ2) is 57.3. The lowest BCUT2D eigenvalue weighted by Crippen LogP contribution is -2.30. The van der Waals surface area contributed by atoms with Crippen molar-refractivity contribution in [2.45, 2.75) is 207 Å². The normalized spacial score (nSPS) is 13.5. The molecule has 1 unspecified atom stereocenters. The molecule has 0 bridgehead atoms. The van der Waals surface area contributed by atoms with Crippen LogP contribution in [0.1, 0.15) is 201 Å². The molecule has 0 heterocycles. The SMILES string of the molecule is CC/C=C\C/C=C\C/C=C\C/C=C\C/C=C\C/C=C\C/C=C\CCCC(=O)OCC(COC(=O)CCCCC/C=C\C/C=C\C/C=C\CC)OC(=O)CCCCCC/C=C\C/C=C\C/C=C\C/C=C\CC. The highest BCUT2D eigenvalue weighted by atomic mass is 16.6. The molecule has 6 heteroatoms. The minimum Gasteiger partial charge on any atom is -0.462 e. The summed E-state index contributed by atoms with van der Waals surface area (Å²) in [4.78, 5) is 38.1. The summed E-state index contributed by atoms with van der Waals surface area (Å²) >= 11 is 0. The number of carbonyl (C=O) groups excluding carboxylic acids is 3. The summed E-state index contributed by atoms with van der Waals surface area (Å²) in [5.41, 5.74) is 0. The molecule has 0 aliphatic heterocycles. The first kappa shape index (κ1) is 65.8. The van der Waals surface area contributed by atoms with E-state index in [1.165, 1.54) is 0 Å². The van der Waals surface area contributed by atoms with Gasteiger partial charge in [0.15, 0.2) is 6.10 Å². The monoisotopic (exact) mass is 975 g/mol. The van der Waals surface area contributed by atoms with Crippen molar-refractivity contribution in [3.8, 4) is 0 Å². The quantitative estimate of drug-likeness (QED) is 0.0262. The van der Waals surface area contributed by atoms with Crippen molar-refractivity contribution in [1.82, 2.24) is 0 Å². The van der Waals surface area contributed by atoms with Gasteiger partial charge in [0.05, 0.1) is 0 Å². The van der Waals surface area contributed by atoms with E-state index in [-0.39, 0.29) is 44.0 Å². The first-order chi connectivity index (χ1) is 35.0. The standard InChI is InChI=1S/C65H98O6/c1-4-7-10-13-16-19-22-25-27-29-30-31-32-33-34-36-37-40-43-46-49-52-55-58-64(67)70-61-62(60-69-63(66)57-54-51-48-45-42-39-24-21-18-15-12-9-6-3)71-65(68)59-56-53-50-47-44-41-38-35-28-26-23-20-17-14-11-8-5-2/h7-12,16-21,25-28,30-31,33-34,37-42,46,49,62H,4-6,13-15,22-24,29,32,35-36,43-45,47-48,50-61H2,1-3H3/b10-7-,11-8-,12-9-,19-16-,20-17-,21-18-,27-25-,28-26-,31-30-,34-33-,40-37-,41-38-,42-39-,49-46-. The molecule has 0 aromatic rings. The summed E-state index contributed by atoms with van der Waals surface area (Å²) < 4.78 is 16.7. The third-order valence-corrected chi connectivity index (χ3v) is 10.7. The molecule has 0 radical (unpaired) electrons. The predicted octanol–water partition coefficient (Wildman–Crippen LogP) is 18.8. The van der Waals surface area contributed by atoms with Crippen LogP contribution >= 0.6 is 0 Å². The van der Waals surface area contributed by atoms with Gasteiger partial charge < -0.3 is 14.2 Å². The Kier molecular flexibility index (Phi) is 53.1. The average molecular weight is 975 g/mol. The van der Waals surface area contributed by atoms with Crippen LogP contribution < -0.4 is 0 Å². The first-order valence-electron chi connectivity index (χ1n) is 27.6. The minimum absolute atomic E-state index is 0.130. The molecule has 6 nitrogen and oxygen atoms in total. The number of unbranched alkanes of at least 4 members (excludes halogenated alkanes) is 8. The second-order valence-electron chi connectivity index (χ2n) is 17.3. The molecular weight excluding hydrogens is 877 g/mol. The Labute approximate surface area is 434 Å². The van der Waals surface area contributed by atoms with Crippen molar-refractivity contribution >= 4 is 17.9 Å². The van der Waals surface area contributed by atoms with Gasteiger partial charge in [0.1, 0.15) is 13.2 Å². The summed E-state index contributed by atoms with van der Waals surface area (Å²) in [5, 5.41) is 0. The number of hydrogen-bond donors (Lipinski definition) is 0. The molecule has 0 amide bonds. The van der Waals surface area contributed by atoms with Crippen LogP contribution in [-0.4, -0.2) is 37.2 Å². The maximum Gasteiger partial charge on any atom is 0.306 e. The van der Waals surface area contributed by atoms with Gasteiger partial charge in [-0.1, -0.05) is 210 Å². The molecule has 1 atom stereocenters.